The number of anilines is 1. The first-order valence-electron chi connectivity index (χ1n) is 8.70. The molecule has 0 fully saturated rings. The smallest absolute Gasteiger partial charge is 0.162 e. The number of nitrogens with zero attached hydrogens (tertiary/aromatic N) is 1. The van der Waals surface area contributed by atoms with Crippen molar-refractivity contribution >= 4 is 45.7 Å². The van der Waals surface area contributed by atoms with Gasteiger partial charge in [0.05, 0.1) is 24.4 Å². The zero-order valence-electron chi connectivity index (χ0n) is 16.4. The quantitative estimate of drug-likeness (QED) is 0.453. The molecule has 0 aliphatic heterocycles. The van der Waals surface area contributed by atoms with Gasteiger partial charge in [0, 0.05) is 24.9 Å². The summed E-state index contributed by atoms with van der Waals surface area (Å²) in [5, 5.41) is 4.05. The van der Waals surface area contributed by atoms with E-state index in [0.29, 0.717) is 5.75 Å². The standard InChI is InChI=1S/C20H20N2O2S.C2H4O/c1-21-15-10-8-14(9-11-15)6-4-5-7-20-22-16-12-17(23-2)18(24-3)13-19(16)25-20;1-2-3/h4-13,21H,1-3H3;2H,1H3/b6-4+,7-5+;. The Morgan fingerprint density at radius 1 is 1.00 bits per heavy atom. The highest BCUT2D eigenvalue weighted by Gasteiger charge is 2.09. The normalized spacial score (nSPS) is 10.7. The van der Waals surface area contributed by atoms with E-state index >= 15 is 0 Å². The molecule has 0 bridgehead atoms. The molecule has 1 aromatic heterocycles. The zero-order valence-corrected chi connectivity index (χ0v) is 17.2. The van der Waals surface area contributed by atoms with Crippen molar-refractivity contribution < 1.29 is 14.3 Å². The molecule has 0 amide bonds. The second kappa shape index (κ2) is 10.9. The van der Waals surface area contributed by atoms with Crippen LogP contribution < -0.4 is 14.8 Å². The number of nitrogens with one attached hydrogen (secondary N) is 1. The predicted octanol–water partition coefficient (Wildman–Crippen LogP) is 5.29. The van der Waals surface area contributed by atoms with Gasteiger partial charge >= 0.3 is 0 Å². The number of carbonyl (C=O) groups is 1. The molecular weight excluding hydrogens is 372 g/mol. The molecule has 3 rings (SSSR count). The predicted molar refractivity (Wildman–Crippen MR) is 119 cm³/mol. The third-order valence-corrected chi connectivity index (χ3v) is 4.73. The molecule has 0 spiro atoms. The summed E-state index contributed by atoms with van der Waals surface area (Å²) in [4.78, 5) is 13.4. The Bertz CT molecular complexity index is 919. The highest BCUT2D eigenvalue weighted by Crippen LogP contribution is 2.34. The van der Waals surface area contributed by atoms with Crippen molar-refractivity contribution in [2.45, 2.75) is 6.92 Å². The molecule has 5 nitrogen and oxygen atoms in total. The van der Waals surface area contributed by atoms with Crippen LogP contribution in [0.3, 0.4) is 0 Å². The molecular formula is C22H24N2O3S. The van der Waals surface area contributed by atoms with Crippen LogP contribution in [-0.2, 0) is 4.79 Å². The molecule has 0 aliphatic rings. The molecule has 2 aromatic carbocycles. The Hall–Kier alpha value is -3.12. The first-order chi connectivity index (χ1) is 13.6. The molecule has 28 heavy (non-hydrogen) atoms. The van der Waals surface area contributed by atoms with E-state index in [4.69, 9.17) is 14.3 Å². The SMILES string of the molecule is CC=O.CNc1ccc(/C=C/C=C/c2nc3cc(OC)c(OC)cc3s2)cc1. The van der Waals surface area contributed by atoms with Crippen LogP contribution in [0.1, 0.15) is 17.5 Å². The number of fused-ring (bicyclic) bond motifs is 1. The molecule has 6 heteroatoms. The first-order valence-corrected chi connectivity index (χ1v) is 9.51. The van der Waals surface area contributed by atoms with Crippen molar-refractivity contribution in [1.82, 2.24) is 4.98 Å². The van der Waals surface area contributed by atoms with E-state index in [-0.39, 0.29) is 0 Å². The van der Waals surface area contributed by atoms with Crippen LogP contribution in [0.25, 0.3) is 22.4 Å². The second-order valence-electron chi connectivity index (χ2n) is 5.55. The van der Waals surface area contributed by atoms with Gasteiger partial charge in [-0.3, -0.25) is 0 Å². The summed E-state index contributed by atoms with van der Waals surface area (Å²) in [5.41, 5.74) is 3.17. The fourth-order valence-corrected chi connectivity index (χ4v) is 3.30. The van der Waals surface area contributed by atoms with Gasteiger partial charge < -0.3 is 19.6 Å². The van der Waals surface area contributed by atoms with Crippen LogP contribution in [0.2, 0.25) is 0 Å². The molecule has 0 saturated carbocycles. The zero-order chi connectivity index (χ0) is 20.4. The Morgan fingerprint density at radius 2 is 1.61 bits per heavy atom. The third kappa shape index (κ3) is 5.69. The minimum Gasteiger partial charge on any atom is -0.493 e. The Balaban J connectivity index is 0.000000878. The lowest BCUT2D eigenvalue weighted by atomic mass is 10.2. The van der Waals surface area contributed by atoms with Gasteiger partial charge in [0.1, 0.15) is 11.3 Å². The van der Waals surface area contributed by atoms with E-state index in [1.165, 1.54) is 6.92 Å². The molecule has 1 N–H and O–H groups in total. The van der Waals surface area contributed by atoms with Crippen molar-refractivity contribution in [3.05, 3.63) is 59.1 Å². The molecule has 3 aromatic rings. The Kier molecular flexibility index (Phi) is 8.24. The molecule has 0 saturated heterocycles. The second-order valence-corrected chi connectivity index (χ2v) is 6.62. The van der Waals surface area contributed by atoms with Gasteiger partial charge in [0.2, 0.25) is 0 Å². The summed E-state index contributed by atoms with van der Waals surface area (Å²) in [7, 11) is 5.18. The first kappa shape index (κ1) is 21.2. The minimum absolute atomic E-state index is 0.695. The molecule has 146 valence electrons. The summed E-state index contributed by atoms with van der Waals surface area (Å²) >= 11 is 1.62. The van der Waals surface area contributed by atoms with E-state index in [0.717, 1.165) is 38.5 Å². The van der Waals surface area contributed by atoms with E-state index in [9.17, 15) is 0 Å². The molecule has 1 heterocycles. The summed E-state index contributed by atoms with van der Waals surface area (Å²) < 4.78 is 11.7. The van der Waals surface area contributed by atoms with Gasteiger partial charge in [0.15, 0.2) is 11.5 Å². The Morgan fingerprint density at radius 3 is 2.21 bits per heavy atom. The number of aromatic nitrogens is 1. The van der Waals surface area contributed by atoms with Gasteiger partial charge in [-0.1, -0.05) is 30.4 Å². The van der Waals surface area contributed by atoms with Crippen molar-refractivity contribution in [3.63, 3.8) is 0 Å². The van der Waals surface area contributed by atoms with Gasteiger partial charge in [-0.2, -0.15) is 0 Å². The lowest BCUT2D eigenvalue weighted by Gasteiger charge is -2.05. The van der Waals surface area contributed by atoms with Crippen molar-refractivity contribution in [1.29, 1.82) is 0 Å². The fourth-order valence-electron chi connectivity index (χ4n) is 2.41. The van der Waals surface area contributed by atoms with Crippen LogP contribution in [0.4, 0.5) is 5.69 Å². The average molecular weight is 397 g/mol. The number of hydrogen-bond acceptors (Lipinski definition) is 6. The number of benzene rings is 2. The van der Waals surface area contributed by atoms with Gasteiger partial charge in [0.25, 0.3) is 0 Å². The van der Waals surface area contributed by atoms with Crippen molar-refractivity contribution in [3.8, 4) is 11.5 Å². The van der Waals surface area contributed by atoms with Crippen molar-refractivity contribution in [2.75, 3.05) is 26.6 Å². The number of allylic oxidation sites excluding steroid dienone is 2. The summed E-state index contributed by atoms with van der Waals surface area (Å²) in [5.74, 6) is 1.42. The third-order valence-electron chi connectivity index (χ3n) is 3.75. The number of thiazole rings is 1. The minimum atomic E-state index is 0.695. The summed E-state index contributed by atoms with van der Waals surface area (Å²) in [6.07, 6.45) is 8.83. The average Bonchev–Trinajstić information content (AvgIpc) is 3.12. The van der Waals surface area contributed by atoms with Crippen LogP contribution in [0.15, 0.2) is 48.6 Å². The maximum atomic E-state index is 8.81. The Labute approximate surface area is 169 Å². The lowest BCUT2D eigenvalue weighted by molar-refractivity contribution is -0.106. The topological polar surface area (TPSA) is 60.5 Å². The monoisotopic (exact) mass is 396 g/mol. The molecule has 0 radical (unpaired) electrons. The fraction of sp³-hybridized carbons (Fsp3) is 0.182. The van der Waals surface area contributed by atoms with E-state index in [1.54, 1.807) is 25.6 Å². The summed E-state index contributed by atoms with van der Waals surface area (Å²) in [6, 6.07) is 12.1. The van der Waals surface area contributed by atoms with Gasteiger partial charge in [-0.05, 0) is 30.7 Å². The molecule has 0 unspecified atom stereocenters. The van der Waals surface area contributed by atoms with Crippen LogP contribution in [0.5, 0.6) is 11.5 Å². The molecule has 0 aliphatic carbocycles. The van der Waals surface area contributed by atoms with E-state index < -0.39 is 0 Å². The van der Waals surface area contributed by atoms with Crippen molar-refractivity contribution in [2.24, 2.45) is 0 Å². The highest BCUT2D eigenvalue weighted by molar-refractivity contribution is 7.19. The molecule has 0 atom stereocenters. The van der Waals surface area contributed by atoms with Crippen LogP contribution in [-0.4, -0.2) is 32.5 Å². The van der Waals surface area contributed by atoms with E-state index in [2.05, 4.69) is 40.6 Å². The van der Waals surface area contributed by atoms with Crippen LogP contribution in [0, 0.1) is 0 Å². The maximum Gasteiger partial charge on any atom is 0.162 e. The maximum absolute atomic E-state index is 8.81. The number of hydrogen-bond donors (Lipinski definition) is 1. The van der Waals surface area contributed by atoms with Gasteiger partial charge in [-0.15, -0.1) is 11.3 Å². The highest BCUT2D eigenvalue weighted by atomic mass is 32.1. The summed E-state index contributed by atoms with van der Waals surface area (Å²) in [6.45, 7) is 1.44. The number of carbonyl (C=O) groups excluding carboxylic acids is 1. The number of methoxy groups -OCH3 is 2. The number of rotatable bonds is 6. The largest absolute Gasteiger partial charge is 0.493 e. The lowest BCUT2D eigenvalue weighted by Crippen LogP contribution is -1.89. The van der Waals surface area contributed by atoms with E-state index in [1.807, 2.05) is 37.4 Å². The number of ether oxygens (including phenoxy) is 2. The van der Waals surface area contributed by atoms with Gasteiger partial charge in [-0.25, -0.2) is 4.98 Å². The van der Waals surface area contributed by atoms with Crippen LogP contribution >= 0.6 is 11.3 Å². The number of aldehydes is 1.